The molecule has 1 amide bonds. The highest BCUT2D eigenvalue weighted by Crippen LogP contribution is 2.30. The lowest BCUT2D eigenvalue weighted by Gasteiger charge is -2.40. The monoisotopic (exact) mass is 485 g/mol. The van der Waals surface area contributed by atoms with Crippen molar-refractivity contribution in [1.29, 1.82) is 0 Å². The maximum Gasteiger partial charge on any atom is 0.222 e. The summed E-state index contributed by atoms with van der Waals surface area (Å²) in [5.74, 6) is 0.959. The molecule has 184 valence electrons. The number of carbonyl (C=O) groups excluding carboxylic acids is 1. The predicted molar refractivity (Wildman–Crippen MR) is 134 cm³/mol. The molecule has 7 nitrogen and oxygen atoms in total. The summed E-state index contributed by atoms with van der Waals surface area (Å²) in [5, 5.41) is 0. The molecule has 34 heavy (non-hydrogen) atoms. The van der Waals surface area contributed by atoms with Gasteiger partial charge in [-0.25, -0.2) is 8.42 Å². The molecule has 4 rings (SSSR count). The molecule has 0 spiro atoms. The van der Waals surface area contributed by atoms with Crippen LogP contribution in [0.15, 0.2) is 59.5 Å². The highest BCUT2D eigenvalue weighted by Gasteiger charge is 2.30. The summed E-state index contributed by atoms with van der Waals surface area (Å²) >= 11 is 0. The zero-order valence-corrected chi connectivity index (χ0v) is 20.8. The summed E-state index contributed by atoms with van der Waals surface area (Å²) in [6.07, 6.45) is 2.19. The molecule has 2 heterocycles. The minimum atomic E-state index is -3.39. The maximum atomic E-state index is 12.7. The van der Waals surface area contributed by atoms with Gasteiger partial charge in [-0.05, 0) is 44.0 Å². The number of amides is 1. The van der Waals surface area contributed by atoms with Gasteiger partial charge in [-0.3, -0.25) is 9.69 Å². The second-order valence-corrected chi connectivity index (χ2v) is 11.0. The number of hydrogen-bond donors (Lipinski definition) is 0. The van der Waals surface area contributed by atoms with Gasteiger partial charge in [0, 0.05) is 51.7 Å². The Labute approximate surface area is 203 Å². The Balaban J connectivity index is 1.30. The van der Waals surface area contributed by atoms with Gasteiger partial charge in [-0.15, -0.1) is 0 Å². The fourth-order valence-electron chi connectivity index (χ4n) is 4.92. The molecule has 0 unspecified atom stereocenters. The van der Waals surface area contributed by atoms with E-state index in [4.69, 9.17) is 4.74 Å². The predicted octanol–water partition coefficient (Wildman–Crippen LogP) is 3.06. The molecule has 0 bridgehead atoms. The van der Waals surface area contributed by atoms with Gasteiger partial charge in [0.25, 0.3) is 0 Å². The zero-order valence-electron chi connectivity index (χ0n) is 19.9. The summed E-state index contributed by atoms with van der Waals surface area (Å²) in [6, 6.07) is 17.0. The molecule has 0 N–H and O–H groups in total. The Bertz CT molecular complexity index is 1050. The molecule has 2 aliphatic heterocycles. The van der Waals surface area contributed by atoms with Crippen molar-refractivity contribution in [1.82, 2.24) is 9.80 Å². The normalized spacial score (nSPS) is 20.3. The van der Waals surface area contributed by atoms with E-state index in [-0.39, 0.29) is 18.2 Å². The van der Waals surface area contributed by atoms with Crippen LogP contribution in [0, 0.1) is 0 Å². The first kappa shape index (κ1) is 24.5. The number of hydrogen-bond acceptors (Lipinski definition) is 6. The minimum absolute atomic E-state index is 0.0364. The van der Waals surface area contributed by atoms with E-state index >= 15 is 0 Å². The van der Waals surface area contributed by atoms with Crippen LogP contribution in [0.4, 0.5) is 5.69 Å². The first-order chi connectivity index (χ1) is 16.5. The van der Waals surface area contributed by atoms with Gasteiger partial charge >= 0.3 is 0 Å². The molecule has 2 aliphatic rings. The number of nitrogens with zero attached hydrogens (tertiary/aromatic N) is 3. The second-order valence-electron chi connectivity index (χ2n) is 8.92. The van der Waals surface area contributed by atoms with Crippen molar-refractivity contribution in [2.45, 2.75) is 37.1 Å². The lowest BCUT2D eigenvalue weighted by atomic mass is 10.1. The van der Waals surface area contributed by atoms with Gasteiger partial charge in [0.15, 0.2) is 9.84 Å². The van der Waals surface area contributed by atoms with Crippen LogP contribution in [0.25, 0.3) is 0 Å². The molecule has 2 aromatic carbocycles. The summed E-state index contributed by atoms with van der Waals surface area (Å²) in [7, 11) is -3.39. The third-order valence-corrected chi connectivity index (χ3v) is 8.56. The van der Waals surface area contributed by atoms with Crippen LogP contribution < -0.4 is 9.64 Å². The van der Waals surface area contributed by atoms with Gasteiger partial charge in [0.1, 0.15) is 5.75 Å². The fraction of sp³-hybridized carbons (Fsp3) is 0.500. The van der Waals surface area contributed by atoms with E-state index in [1.54, 1.807) is 35.2 Å². The molecule has 0 saturated carbocycles. The zero-order chi connectivity index (χ0) is 24.0. The summed E-state index contributed by atoms with van der Waals surface area (Å²) in [6.45, 7) is 7.26. The number of sulfone groups is 1. The molecule has 2 aromatic rings. The number of para-hydroxylation sites is 2. The van der Waals surface area contributed by atoms with Crippen molar-refractivity contribution in [2.24, 2.45) is 0 Å². The Morgan fingerprint density at radius 2 is 1.62 bits per heavy atom. The van der Waals surface area contributed by atoms with E-state index in [1.807, 2.05) is 25.1 Å². The number of likely N-dealkylation sites (tertiary alicyclic amines) is 1. The van der Waals surface area contributed by atoms with Gasteiger partial charge in [-0.1, -0.05) is 30.3 Å². The average Bonchev–Trinajstić information content (AvgIpc) is 3.05. The number of piperazine rings is 1. The van der Waals surface area contributed by atoms with Crippen LogP contribution in [0.3, 0.4) is 0 Å². The Kier molecular flexibility index (Phi) is 8.11. The number of rotatable bonds is 8. The maximum absolute atomic E-state index is 12.7. The van der Waals surface area contributed by atoms with Crippen LogP contribution in [-0.4, -0.2) is 81.8 Å². The van der Waals surface area contributed by atoms with E-state index in [1.165, 1.54) is 0 Å². The summed E-state index contributed by atoms with van der Waals surface area (Å²) in [4.78, 5) is 19.7. The van der Waals surface area contributed by atoms with Gasteiger partial charge < -0.3 is 14.5 Å². The lowest BCUT2D eigenvalue weighted by Crippen LogP contribution is -2.50. The van der Waals surface area contributed by atoms with Gasteiger partial charge in [0.05, 0.1) is 22.9 Å². The Morgan fingerprint density at radius 1 is 0.912 bits per heavy atom. The van der Waals surface area contributed by atoms with Crippen molar-refractivity contribution in [3.8, 4) is 5.75 Å². The second kappa shape index (κ2) is 11.2. The summed E-state index contributed by atoms with van der Waals surface area (Å²) < 4.78 is 31.1. The van der Waals surface area contributed by atoms with Crippen molar-refractivity contribution in [3.63, 3.8) is 0 Å². The van der Waals surface area contributed by atoms with Crippen LogP contribution in [-0.2, 0) is 14.6 Å². The standard InChI is InChI=1S/C26H35N3O4S/c1-2-33-25-11-7-6-10-24(25)28-18-16-27(17-19-28)22-12-13-26(30)29(15-14-22)20-21-34(31,32)23-8-4-3-5-9-23/h3-11,22H,2,12-21H2,1H3/t22-/m1/s1. The number of benzene rings is 2. The SMILES string of the molecule is CCOc1ccccc1N1CCN([C@@H]2CCC(=O)N(CCS(=O)(=O)c3ccccc3)CC2)CC1. The smallest absolute Gasteiger partial charge is 0.222 e. The number of ether oxygens (including phenoxy) is 1. The third-order valence-electron chi connectivity index (χ3n) is 6.85. The average molecular weight is 486 g/mol. The number of anilines is 1. The molecule has 8 heteroatoms. The molecule has 0 aromatic heterocycles. The van der Waals surface area contributed by atoms with E-state index < -0.39 is 9.84 Å². The van der Waals surface area contributed by atoms with Gasteiger partial charge in [-0.2, -0.15) is 0 Å². The molecular formula is C26H35N3O4S. The summed E-state index contributed by atoms with van der Waals surface area (Å²) in [5.41, 5.74) is 1.14. The van der Waals surface area contributed by atoms with Crippen LogP contribution in [0.2, 0.25) is 0 Å². The first-order valence-corrected chi connectivity index (χ1v) is 13.9. The Morgan fingerprint density at radius 3 is 2.35 bits per heavy atom. The Hall–Kier alpha value is -2.58. The molecule has 2 saturated heterocycles. The quantitative estimate of drug-likeness (QED) is 0.572. The molecule has 0 radical (unpaired) electrons. The van der Waals surface area contributed by atoms with Crippen LogP contribution in [0.1, 0.15) is 26.2 Å². The van der Waals surface area contributed by atoms with E-state index in [0.29, 0.717) is 30.5 Å². The van der Waals surface area contributed by atoms with E-state index in [2.05, 4.69) is 15.9 Å². The van der Waals surface area contributed by atoms with Crippen molar-refractivity contribution in [2.75, 3.05) is 56.5 Å². The molecule has 1 atom stereocenters. The first-order valence-electron chi connectivity index (χ1n) is 12.2. The minimum Gasteiger partial charge on any atom is -0.492 e. The van der Waals surface area contributed by atoms with Crippen molar-refractivity contribution in [3.05, 3.63) is 54.6 Å². The largest absolute Gasteiger partial charge is 0.492 e. The van der Waals surface area contributed by atoms with Crippen molar-refractivity contribution < 1.29 is 17.9 Å². The fourth-order valence-corrected chi connectivity index (χ4v) is 6.19. The van der Waals surface area contributed by atoms with Crippen LogP contribution in [0.5, 0.6) is 5.75 Å². The molecule has 2 fully saturated rings. The number of carbonyl (C=O) groups is 1. The lowest BCUT2D eigenvalue weighted by molar-refractivity contribution is -0.130. The van der Waals surface area contributed by atoms with Crippen LogP contribution >= 0.6 is 0 Å². The molecular weight excluding hydrogens is 450 g/mol. The highest BCUT2D eigenvalue weighted by atomic mass is 32.2. The van der Waals surface area contributed by atoms with E-state index in [9.17, 15) is 13.2 Å². The third kappa shape index (κ3) is 5.91. The topological polar surface area (TPSA) is 70.2 Å². The van der Waals surface area contributed by atoms with Gasteiger partial charge in [0.2, 0.25) is 5.91 Å². The van der Waals surface area contributed by atoms with E-state index in [0.717, 1.165) is 50.5 Å². The highest BCUT2D eigenvalue weighted by molar-refractivity contribution is 7.91. The molecule has 0 aliphatic carbocycles. The van der Waals surface area contributed by atoms with Crippen molar-refractivity contribution >= 4 is 21.4 Å².